The molecule has 2 unspecified atom stereocenters. The average Bonchev–Trinajstić information content (AvgIpc) is 0.771. The lowest BCUT2D eigenvalue weighted by molar-refractivity contribution is -0.332. The fraction of sp³-hybridized carbons (Fsp3) is 0.957. The van der Waals surface area contributed by atoms with Gasteiger partial charge in [0, 0.05) is 82.2 Å². The van der Waals surface area contributed by atoms with E-state index >= 15 is 0 Å². The van der Waals surface area contributed by atoms with E-state index in [-0.39, 0.29) is 88.4 Å². The number of nitrogens with one attached hydrogen (secondary N) is 3. The number of hydrogen-bond acceptors (Lipinski definition) is 35. The minimum absolute atomic E-state index is 0.0101. The van der Waals surface area contributed by atoms with E-state index in [1.807, 2.05) is 46.7 Å². The number of Topliss-reactive ketones (excluding diaryl/α,β-unsaturated/α-hetero) is 1. The number of ketones is 1. The first-order valence-corrected chi connectivity index (χ1v) is 37.4. The van der Waals surface area contributed by atoms with Crippen LogP contribution in [0.4, 0.5) is 0 Å². The number of amides is 1. The highest BCUT2D eigenvalue weighted by molar-refractivity contribution is 5.83. The van der Waals surface area contributed by atoms with Crippen LogP contribution in [0, 0.1) is 23.7 Å². The smallest absolute Gasteiger partial charge is 0.311 e. The molecule has 1 amide bonds. The molecule has 6 rings (SSSR count). The van der Waals surface area contributed by atoms with E-state index in [4.69, 9.17) is 85.3 Å². The van der Waals surface area contributed by atoms with Crippen LogP contribution in [0.25, 0.3) is 0 Å². The van der Waals surface area contributed by atoms with Crippen LogP contribution in [0.15, 0.2) is 0 Å². The Kier molecular flexibility index (Phi) is 39.4. The molecule has 36 atom stereocenters. The Morgan fingerprint density at radius 3 is 1.73 bits per heavy atom. The van der Waals surface area contributed by atoms with Crippen molar-refractivity contribution in [3.63, 3.8) is 0 Å². The largest absolute Gasteiger partial charge is 0.459 e. The fourth-order valence-electron chi connectivity index (χ4n) is 14.9. The first-order chi connectivity index (χ1) is 49.6. The lowest BCUT2D eigenvalue weighted by Gasteiger charge is -2.50. The number of nitrogens with zero attached hydrogens (tertiary/aromatic N) is 1. The summed E-state index contributed by atoms with van der Waals surface area (Å²) in [6.45, 7) is 22.3. The SMILES string of the molecule is CCC(CO)NCCNC(CC)CO.CC[C@H]1OC(=O)[C@H](C)[C@@H](O[C@H]2C[C@@](C)(OC)[C@@H](O)[C@H](C)O2)[C@H](C)[C@@H](O[C@@H]2O[C@H](C)C[C@H](N(C)C)[C@H]2O)[C@](C)(OC)C[C@@H](C)C(=O)[C@H](C)[C@@H](O)[C@]1(C)O.NCC[C@H](O)C(=O)N[C@@H]1C[C@H](N)[C@@H](O[C@H]2O[C@H](CN)[C@@H](O)[C@H](O)[C@H]2O)[C@H](O)[C@H]1O[C@H]1O[C@H](CO)[C@@H](O)[C@H](N)[C@H]1O. The van der Waals surface area contributed by atoms with Gasteiger partial charge in [0.15, 0.2) is 25.2 Å². The van der Waals surface area contributed by atoms with E-state index in [1.165, 1.54) is 21.1 Å². The second-order valence-electron chi connectivity index (χ2n) is 30.4. The van der Waals surface area contributed by atoms with Gasteiger partial charge < -0.3 is 167 Å². The minimum atomic E-state index is -1.96. The quantitative estimate of drug-likeness (QED) is 0.0269. The van der Waals surface area contributed by atoms with Gasteiger partial charge in [0.25, 0.3) is 0 Å². The van der Waals surface area contributed by atoms with Crippen molar-refractivity contribution in [3.8, 4) is 0 Å². The van der Waals surface area contributed by atoms with Crippen LogP contribution in [0.5, 0.6) is 0 Å². The third-order valence-corrected chi connectivity index (χ3v) is 22.2. The zero-order chi connectivity index (χ0) is 80.4. The molecule has 1 saturated carbocycles. The molecule has 0 aromatic carbocycles. The molecule has 25 N–H and O–H groups in total. The molecule has 0 aromatic heterocycles. The van der Waals surface area contributed by atoms with Gasteiger partial charge in [-0.2, -0.15) is 0 Å². The van der Waals surface area contributed by atoms with Crippen molar-refractivity contribution in [1.82, 2.24) is 20.9 Å². The standard InChI is InChI=1S/C38H69NO13.C22H43N5O13.C10H24N2O2/c1-15-26-38(10,45)31(42)21(4)28(40)19(2)17-37(9,47-14)33(52-35-29(41)25(39(11)12)16-20(3)48-35)22(5)30(23(6)34(44)50-26)51-27-18-36(8,46-13)32(43)24(7)49-27;23-2-1-8(29)20(36)27-7-3-6(25)18(39-22-16(34)15(33)13(31)9(4-24)37-22)17(35)19(7)40-21-14(32)11(26)12(30)10(5-28)38-21;1-3-9(7-13)11-5-6-12-10(4-2)8-14/h19-27,29-33,35,41-43,45H,15-18H2,1-14H3;6-19,21-22,28-35H,1-5,23-26H2,(H,27,36);9-14H,3-8H2,1-2H3/t19-,20-,21+,22+,23-,24+,25+,26-,27+,29-,30+,31-,32+,33-,35+,36-,37-,38-;6-,7+,8-,9+,10+,11-,12+,13+,14+,15-,16+,17-,18+,19-,21+,22+;/m10./s1. The van der Waals surface area contributed by atoms with E-state index in [0.29, 0.717) is 6.42 Å². The highest BCUT2D eigenvalue weighted by Crippen LogP contribution is 2.43. The summed E-state index contributed by atoms with van der Waals surface area (Å²) in [5.41, 5.74) is 18.8. The number of nitrogens with two attached hydrogens (primary N) is 4. The Morgan fingerprint density at radius 1 is 0.651 bits per heavy atom. The highest BCUT2D eigenvalue weighted by atomic mass is 16.7. The van der Waals surface area contributed by atoms with Crippen LogP contribution in [0.1, 0.15) is 134 Å². The Bertz CT molecular complexity index is 2550. The minimum Gasteiger partial charge on any atom is -0.459 e. The van der Waals surface area contributed by atoms with E-state index in [2.05, 4.69) is 16.0 Å². The summed E-state index contributed by atoms with van der Waals surface area (Å²) in [6.07, 6.45) is -26.7. The van der Waals surface area contributed by atoms with Gasteiger partial charge in [0.2, 0.25) is 5.91 Å². The number of carbonyl (C=O) groups is 3. The number of likely N-dealkylation sites (N-methyl/N-ethyl adjacent to an activating group) is 1. The molecule has 1 aliphatic carbocycles. The fourth-order valence-corrected chi connectivity index (χ4v) is 14.9. The number of methoxy groups -OCH3 is 2. The molecule has 5 heterocycles. The van der Waals surface area contributed by atoms with Gasteiger partial charge in [-0.3, -0.25) is 14.4 Å². The lowest BCUT2D eigenvalue weighted by atomic mass is 9.74. The van der Waals surface area contributed by atoms with E-state index < -0.39 is 212 Å². The zero-order valence-electron chi connectivity index (χ0n) is 64.9. The van der Waals surface area contributed by atoms with E-state index in [0.717, 1.165) is 25.9 Å². The number of aliphatic hydroxyl groups is 14. The van der Waals surface area contributed by atoms with Crippen molar-refractivity contribution < 1.29 is 138 Å². The van der Waals surface area contributed by atoms with E-state index in [9.17, 15) is 75.7 Å². The molecule has 36 nitrogen and oxygen atoms in total. The molecule has 0 spiro atoms. The van der Waals surface area contributed by atoms with Crippen LogP contribution < -0.4 is 38.9 Å². The average molecular weight is 1540 g/mol. The Morgan fingerprint density at radius 2 is 1.21 bits per heavy atom. The summed E-state index contributed by atoms with van der Waals surface area (Å²) in [6, 6.07) is -3.34. The van der Waals surface area contributed by atoms with Crippen LogP contribution in [0.3, 0.4) is 0 Å². The summed E-state index contributed by atoms with van der Waals surface area (Å²) in [7, 11) is 6.77. The molecule has 624 valence electrons. The number of cyclic esters (lactones) is 1. The molecule has 106 heavy (non-hydrogen) atoms. The van der Waals surface area contributed by atoms with Gasteiger partial charge in [-0.05, 0) is 107 Å². The summed E-state index contributed by atoms with van der Waals surface area (Å²) < 4.78 is 66.4. The topological polar surface area (TPSA) is 579 Å². The third-order valence-electron chi connectivity index (χ3n) is 22.2. The van der Waals surface area contributed by atoms with Gasteiger partial charge in [-0.15, -0.1) is 0 Å². The first kappa shape index (κ1) is 95.7. The first-order valence-electron chi connectivity index (χ1n) is 37.4. The molecular weight excluding hydrogens is 1400 g/mol. The van der Waals surface area contributed by atoms with Gasteiger partial charge in [0.05, 0.1) is 79.5 Å². The summed E-state index contributed by atoms with van der Waals surface area (Å²) in [5.74, 6) is -5.31. The van der Waals surface area contributed by atoms with Crippen molar-refractivity contribution in [3.05, 3.63) is 0 Å². The maximum atomic E-state index is 14.2. The van der Waals surface area contributed by atoms with Gasteiger partial charge >= 0.3 is 5.97 Å². The van der Waals surface area contributed by atoms with Gasteiger partial charge in [-0.25, -0.2) is 0 Å². The van der Waals surface area contributed by atoms with Crippen LogP contribution in [0.2, 0.25) is 0 Å². The molecule has 5 saturated heterocycles. The second kappa shape index (κ2) is 43.6. The van der Waals surface area contributed by atoms with Crippen LogP contribution >= 0.6 is 0 Å². The summed E-state index contributed by atoms with van der Waals surface area (Å²) >= 11 is 0. The predicted octanol–water partition coefficient (Wildman–Crippen LogP) is -6.28. The Labute approximate surface area is 624 Å². The monoisotopic (exact) mass is 1540 g/mol. The lowest BCUT2D eigenvalue weighted by Crippen LogP contribution is -2.69. The van der Waals surface area contributed by atoms with Gasteiger partial charge in [0.1, 0.15) is 96.8 Å². The second-order valence-corrected chi connectivity index (χ2v) is 30.4. The third kappa shape index (κ3) is 24.2. The Hall–Kier alpha value is -2.63. The summed E-state index contributed by atoms with van der Waals surface area (Å²) in [4.78, 5) is 42.6. The number of aliphatic hydroxyl groups excluding tert-OH is 13. The molecule has 36 heteroatoms. The molecule has 6 aliphatic rings. The van der Waals surface area contributed by atoms with Crippen molar-refractivity contribution >= 4 is 17.7 Å². The summed E-state index contributed by atoms with van der Waals surface area (Å²) in [5, 5.41) is 155. The van der Waals surface area contributed by atoms with E-state index in [1.54, 1.807) is 48.5 Å². The Balaban J connectivity index is 0.000000388. The number of ether oxygens (including phenoxy) is 11. The molecule has 6 fully saturated rings. The predicted molar refractivity (Wildman–Crippen MR) is 381 cm³/mol. The number of carbonyl (C=O) groups excluding carboxylic acids is 3. The molecule has 0 aromatic rings. The van der Waals surface area contributed by atoms with Crippen molar-refractivity contribution in [2.45, 2.75) is 329 Å². The van der Waals surface area contributed by atoms with Crippen molar-refractivity contribution in [2.24, 2.45) is 46.6 Å². The maximum Gasteiger partial charge on any atom is 0.311 e. The normalized spacial score (nSPS) is 43.8. The number of hydrogen-bond donors (Lipinski definition) is 21. The highest BCUT2D eigenvalue weighted by Gasteiger charge is 2.57. The van der Waals surface area contributed by atoms with Gasteiger partial charge in [-0.1, -0.05) is 41.5 Å². The van der Waals surface area contributed by atoms with Crippen LogP contribution in [-0.4, -0.2) is 363 Å². The zero-order valence-corrected chi connectivity index (χ0v) is 64.9. The number of esters is 1. The molecular formula is C70H136N8O28. The molecule has 0 radical (unpaired) electrons. The number of rotatable bonds is 27. The van der Waals surface area contributed by atoms with Crippen molar-refractivity contribution in [1.29, 1.82) is 0 Å². The molecule has 0 bridgehead atoms. The van der Waals surface area contributed by atoms with Crippen LogP contribution in [-0.2, 0) is 66.5 Å². The molecule has 5 aliphatic heterocycles. The maximum absolute atomic E-state index is 14.2. The van der Waals surface area contributed by atoms with Crippen molar-refractivity contribution in [2.75, 3.05) is 74.3 Å².